The molecule has 0 bridgehead atoms. The lowest BCUT2D eigenvalue weighted by Crippen LogP contribution is -2.29. The lowest BCUT2D eigenvalue weighted by atomic mass is 9.83. The van der Waals surface area contributed by atoms with Crippen LogP contribution in [0.1, 0.15) is 107 Å². The van der Waals surface area contributed by atoms with E-state index in [1.807, 2.05) is 19.1 Å². The van der Waals surface area contributed by atoms with E-state index < -0.39 is 23.9 Å². The number of rotatable bonds is 16. The van der Waals surface area contributed by atoms with Crippen LogP contribution in [0.2, 0.25) is 0 Å². The smallest absolute Gasteiger partial charge is 0.343 e. The number of esters is 2. The molecule has 0 heterocycles. The summed E-state index contributed by atoms with van der Waals surface area (Å²) in [6.45, 7) is 4.55. The zero-order chi connectivity index (χ0) is 28.7. The maximum absolute atomic E-state index is 14.4. The first-order valence-electron chi connectivity index (χ1n) is 15.0. The van der Waals surface area contributed by atoms with Gasteiger partial charge in [-0.1, -0.05) is 58.1 Å². The van der Waals surface area contributed by atoms with Gasteiger partial charge in [0.15, 0.2) is 17.7 Å². The number of aryl methyl sites for hydroxylation is 1. The number of hydrogen-bond donors (Lipinski definition) is 0. The minimum Gasteiger partial charge on any atom is -0.491 e. The van der Waals surface area contributed by atoms with E-state index in [4.69, 9.17) is 14.2 Å². The molecule has 2 aromatic rings. The van der Waals surface area contributed by atoms with Crippen molar-refractivity contribution < 1.29 is 32.6 Å². The van der Waals surface area contributed by atoms with Gasteiger partial charge in [0.1, 0.15) is 11.9 Å². The first-order valence-corrected chi connectivity index (χ1v) is 15.0. The van der Waals surface area contributed by atoms with Crippen molar-refractivity contribution in [3.05, 3.63) is 59.4 Å². The van der Waals surface area contributed by atoms with Crippen LogP contribution >= 0.6 is 0 Å². The molecule has 0 amide bonds. The van der Waals surface area contributed by atoms with Crippen molar-refractivity contribution in [2.24, 2.45) is 5.92 Å². The average molecular weight is 559 g/mol. The lowest BCUT2D eigenvalue weighted by Gasteiger charge is -2.28. The fourth-order valence-corrected chi connectivity index (χ4v) is 4.99. The summed E-state index contributed by atoms with van der Waals surface area (Å²) in [4.78, 5) is 24.4. The molecule has 40 heavy (non-hydrogen) atoms. The molecule has 0 unspecified atom stereocenters. The van der Waals surface area contributed by atoms with E-state index in [0.717, 1.165) is 82.3 Å². The number of unbranched alkanes of at least 4 members (excludes halogenated alkanes) is 4. The maximum atomic E-state index is 14.4. The molecule has 1 fully saturated rings. The van der Waals surface area contributed by atoms with Crippen molar-refractivity contribution in [1.82, 2.24) is 0 Å². The molecule has 1 saturated carbocycles. The summed E-state index contributed by atoms with van der Waals surface area (Å²) >= 11 is 0. The van der Waals surface area contributed by atoms with Crippen LogP contribution in [0.4, 0.5) is 8.78 Å². The molecule has 1 aliphatic carbocycles. The van der Waals surface area contributed by atoms with Gasteiger partial charge in [0.05, 0.1) is 12.2 Å². The molecule has 5 nitrogen and oxygen atoms in total. The quantitative estimate of drug-likeness (QED) is 0.117. The molecule has 0 radical (unpaired) electrons. The van der Waals surface area contributed by atoms with Gasteiger partial charge in [0.2, 0.25) is 0 Å². The molecule has 2 aromatic carbocycles. The van der Waals surface area contributed by atoms with Crippen LogP contribution in [0.15, 0.2) is 42.5 Å². The van der Waals surface area contributed by atoms with E-state index in [0.29, 0.717) is 24.7 Å². The van der Waals surface area contributed by atoms with Gasteiger partial charge in [0, 0.05) is 0 Å². The van der Waals surface area contributed by atoms with E-state index in [9.17, 15) is 18.4 Å². The van der Waals surface area contributed by atoms with Crippen molar-refractivity contribution in [2.45, 2.75) is 110 Å². The van der Waals surface area contributed by atoms with Gasteiger partial charge in [-0.15, -0.1) is 0 Å². The number of halogens is 2. The minimum atomic E-state index is -1.51. The van der Waals surface area contributed by atoms with Crippen molar-refractivity contribution in [2.75, 3.05) is 6.61 Å². The Morgan fingerprint density at radius 2 is 1.65 bits per heavy atom. The standard InChI is InChI=1S/C33H44F2O5/c1-3-5-7-8-22-38-31-21-16-26(23-30(31)35)32(36)39-27-17-12-24(13-18-27)10-11-25-14-19-28(20-15-25)40-33(37)29(34)9-6-4-2/h12-13,16-18,21,23,25,28-29H,3-11,14-15,19-20,22H2,1-2H3/t25-,28-,29-/m0/s1. The van der Waals surface area contributed by atoms with E-state index in [2.05, 4.69) is 6.92 Å². The second-order valence-corrected chi connectivity index (χ2v) is 10.8. The number of carbonyl (C=O) groups excluding carboxylic acids is 2. The number of carbonyl (C=O) groups is 2. The molecule has 0 aromatic heterocycles. The van der Waals surface area contributed by atoms with Crippen LogP contribution in [-0.2, 0) is 16.0 Å². The Bertz CT molecular complexity index is 1050. The Labute approximate surface area is 237 Å². The fraction of sp³-hybridized carbons (Fsp3) is 0.576. The topological polar surface area (TPSA) is 61.8 Å². The zero-order valence-electron chi connectivity index (χ0n) is 24.0. The summed E-state index contributed by atoms with van der Waals surface area (Å²) < 4.78 is 44.6. The van der Waals surface area contributed by atoms with Gasteiger partial charge in [-0.2, -0.15) is 0 Å². The Morgan fingerprint density at radius 3 is 2.33 bits per heavy atom. The first kappa shape index (κ1) is 31.6. The predicted molar refractivity (Wildman–Crippen MR) is 152 cm³/mol. The molecule has 1 aliphatic rings. The Balaban J connectivity index is 1.38. The van der Waals surface area contributed by atoms with Crippen LogP contribution in [-0.4, -0.2) is 30.8 Å². The van der Waals surface area contributed by atoms with E-state index in [1.54, 1.807) is 12.1 Å². The van der Waals surface area contributed by atoms with Crippen molar-refractivity contribution in [1.29, 1.82) is 0 Å². The highest BCUT2D eigenvalue weighted by atomic mass is 19.1. The van der Waals surface area contributed by atoms with Crippen LogP contribution in [0.3, 0.4) is 0 Å². The lowest BCUT2D eigenvalue weighted by molar-refractivity contribution is -0.157. The molecule has 0 aliphatic heterocycles. The average Bonchev–Trinajstić information content (AvgIpc) is 2.96. The van der Waals surface area contributed by atoms with Gasteiger partial charge in [-0.25, -0.2) is 18.4 Å². The van der Waals surface area contributed by atoms with Crippen LogP contribution in [0.25, 0.3) is 0 Å². The highest BCUT2D eigenvalue weighted by molar-refractivity contribution is 5.91. The zero-order valence-corrected chi connectivity index (χ0v) is 24.0. The third kappa shape index (κ3) is 10.5. The monoisotopic (exact) mass is 558 g/mol. The molecule has 7 heteroatoms. The number of ether oxygens (including phenoxy) is 3. The summed E-state index contributed by atoms with van der Waals surface area (Å²) in [5.41, 5.74) is 1.26. The summed E-state index contributed by atoms with van der Waals surface area (Å²) in [6, 6.07) is 11.5. The second kappa shape index (κ2) is 17.0. The molecule has 0 spiro atoms. The number of hydrogen-bond acceptors (Lipinski definition) is 5. The first-order chi connectivity index (χ1) is 19.4. The molecule has 3 rings (SSSR count). The SMILES string of the molecule is CCCCCCOc1ccc(C(=O)Oc2ccc(CC[C@H]3CC[C@H](OC(=O)[C@@H](F)CCCC)CC3)cc2)cc1F. The van der Waals surface area contributed by atoms with E-state index in [-0.39, 0.29) is 23.8 Å². The third-order valence-corrected chi connectivity index (χ3v) is 7.54. The van der Waals surface area contributed by atoms with E-state index >= 15 is 0 Å². The normalized spacial score (nSPS) is 17.7. The van der Waals surface area contributed by atoms with Crippen LogP contribution in [0, 0.1) is 11.7 Å². The summed E-state index contributed by atoms with van der Waals surface area (Å²) in [7, 11) is 0. The van der Waals surface area contributed by atoms with Crippen molar-refractivity contribution in [3.8, 4) is 11.5 Å². The second-order valence-electron chi connectivity index (χ2n) is 10.8. The highest BCUT2D eigenvalue weighted by Gasteiger charge is 2.27. The van der Waals surface area contributed by atoms with E-state index in [1.165, 1.54) is 12.1 Å². The summed E-state index contributed by atoms with van der Waals surface area (Å²) in [5.74, 6) is -0.830. The van der Waals surface area contributed by atoms with Gasteiger partial charge < -0.3 is 14.2 Å². The highest BCUT2D eigenvalue weighted by Crippen LogP contribution is 2.30. The number of alkyl halides is 1. The van der Waals surface area contributed by atoms with Crippen molar-refractivity contribution in [3.63, 3.8) is 0 Å². The number of benzene rings is 2. The molecule has 0 N–H and O–H groups in total. The Morgan fingerprint density at radius 1 is 0.925 bits per heavy atom. The van der Waals surface area contributed by atoms with Gasteiger partial charge >= 0.3 is 11.9 Å². The summed E-state index contributed by atoms with van der Waals surface area (Å²) in [5, 5.41) is 0. The minimum absolute atomic E-state index is 0.129. The van der Waals surface area contributed by atoms with Crippen LogP contribution in [0.5, 0.6) is 11.5 Å². The van der Waals surface area contributed by atoms with Gasteiger partial charge in [0.25, 0.3) is 0 Å². The van der Waals surface area contributed by atoms with Crippen molar-refractivity contribution >= 4 is 11.9 Å². The molecular formula is C33H44F2O5. The Hall–Kier alpha value is -2.96. The van der Waals surface area contributed by atoms with Gasteiger partial charge in [-0.3, -0.25) is 0 Å². The largest absolute Gasteiger partial charge is 0.491 e. The van der Waals surface area contributed by atoms with Crippen LogP contribution < -0.4 is 9.47 Å². The molecule has 0 saturated heterocycles. The molecular weight excluding hydrogens is 514 g/mol. The molecule has 1 atom stereocenters. The maximum Gasteiger partial charge on any atom is 0.343 e. The molecule has 220 valence electrons. The van der Waals surface area contributed by atoms with Gasteiger partial charge in [-0.05, 0) is 93.2 Å². The Kier molecular flexibility index (Phi) is 13.4. The summed E-state index contributed by atoms with van der Waals surface area (Å²) in [6.07, 6.45) is 9.63. The predicted octanol–water partition coefficient (Wildman–Crippen LogP) is 8.57. The fourth-order valence-electron chi connectivity index (χ4n) is 4.99. The third-order valence-electron chi connectivity index (χ3n) is 7.54.